The Morgan fingerprint density at radius 2 is 1.34 bits per heavy atom. The standard InChI is InChI=1S/C31H46O2.C17H17Cl2N/c1-22(2)12-9-13-23(3)14-10-15-24(4)16-11-17-25(5)20-21-27-26(6)30(32)28-18-7-8-19-29(28)31(27)33;1-20-17-9-7-12(13-4-2-3-5-14(13)17)11-6-8-15(18)16(19)10-11/h7-8,18-20,22-24H,9-17,21H2,1-6H3;2-6,8,10,12,17,20H,7,9H2,1H3/b25-20+;/t23-,24-;12-,17-/m10/s1. The molecule has 0 bridgehead atoms. The van der Waals surface area contributed by atoms with Crippen LogP contribution in [-0.2, 0) is 0 Å². The van der Waals surface area contributed by atoms with Gasteiger partial charge in [-0.25, -0.2) is 0 Å². The normalized spacial score (nSPS) is 18.3. The number of ketones is 2. The summed E-state index contributed by atoms with van der Waals surface area (Å²) in [6.07, 6.45) is 16.7. The summed E-state index contributed by atoms with van der Waals surface area (Å²) >= 11 is 12.2. The fourth-order valence-electron chi connectivity index (χ4n) is 8.05. The molecule has 3 nitrogen and oxygen atoms in total. The smallest absolute Gasteiger partial charge is 0.190 e. The summed E-state index contributed by atoms with van der Waals surface area (Å²) in [4.78, 5) is 25.5. The average molecular weight is 757 g/mol. The van der Waals surface area contributed by atoms with E-state index >= 15 is 0 Å². The van der Waals surface area contributed by atoms with Crippen LogP contribution in [0.3, 0.4) is 0 Å². The minimum atomic E-state index is -0.00526. The zero-order valence-electron chi connectivity index (χ0n) is 33.4. The molecular weight excluding hydrogens is 693 g/mol. The monoisotopic (exact) mass is 755 g/mol. The number of allylic oxidation sites excluding steroid dienone is 4. The van der Waals surface area contributed by atoms with Crippen molar-refractivity contribution in [2.24, 2.45) is 17.8 Å². The molecule has 0 heterocycles. The molecule has 0 spiro atoms. The van der Waals surface area contributed by atoms with Crippen LogP contribution in [0.25, 0.3) is 0 Å². The van der Waals surface area contributed by atoms with Gasteiger partial charge in [-0.1, -0.05) is 162 Å². The summed E-state index contributed by atoms with van der Waals surface area (Å²) in [5.74, 6) is 2.89. The molecule has 4 atom stereocenters. The number of fused-ring (bicyclic) bond motifs is 2. The number of benzene rings is 3. The molecule has 2 aliphatic rings. The number of rotatable bonds is 16. The second kappa shape index (κ2) is 21.2. The first-order valence-corrected chi connectivity index (χ1v) is 20.9. The lowest BCUT2D eigenvalue weighted by atomic mass is 9.77. The molecule has 0 saturated carbocycles. The van der Waals surface area contributed by atoms with Gasteiger partial charge in [0.25, 0.3) is 0 Å². The van der Waals surface area contributed by atoms with Crippen LogP contribution in [0.2, 0.25) is 10.0 Å². The second-order valence-corrected chi connectivity index (χ2v) is 17.0. The number of hydrogen-bond acceptors (Lipinski definition) is 3. The largest absolute Gasteiger partial charge is 0.313 e. The van der Waals surface area contributed by atoms with Crippen LogP contribution in [0.4, 0.5) is 0 Å². The Morgan fingerprint density at radius 3 is 1.96 bits per heavy atom. The molecule has 2 aliphatic carbocycles. The minimum absolute atomic E-state index is 0.00526. The van der Waals surface area contributed by atoms with Crippen LogP contribution in [-0.4, -0.2) is 18.6 Å². The summed E-state index contributed by atoms with van der Waals surface area (Å²) in [7, 11) is 2.03. The zero-order valence-corrected chi connectivity index (χ0v) is 34.9. The number of hydrogen-bond donors (Lipinski definition) is 1. The minimum Gasteiger partial charge on any atom is -0.313 e. The summed E-state index contributed by atoms with van der Waals surface area (Å²) in [5.41, 5.74) is 7.74. The molecule has 0 aromatic heterocycles. The number of nitrogens with one attached hydrogen (secondary N) is 1. The van der Waals surface area contributed by atoms with E-state index in [1.54, 1.807) is 19.1 Å². The maximum Gasteiger partial charge on any atom is 0.190 e. The lowest BCUT2D eigenvalue weighted by Gasteiger charge is -2.32. The van der Waals surface area contributed by atoms with Gasteiger partial charge in [0.2, 0.25) is 0 Å². The molecule has 1 N–H and O–H groups in total. The zero-order chi connectivity index (χ0) is 38.5. The highest BCUT2D eigenvalue weighted by molar-refractivity contribution is 6.42. The fourth-order valence-corrected chi connectivity index (χ4v) is 8.35. The van der Waals surface area contributed by atoms with Crippen LogP contribution >= 0.6 is 23.2 Å². The Labute approximate surface area is 331 Å². The Balaban J connectivity index is 0.000000265. The van der Waals surface area contributed by atoms with E-state index in [-0.39, 0.29) is 11.6 Å². The topological polar surface area (TPSA) is 46.2 Å². The lowest BCUT2D eigenvalue weighted by Crippen LogP contribution is -2.24. The van der Waals surface area contributed by atoms with E-state index in [1.807, 2.05) is 31.3 Å². The van der Waals surface area contributed by atoms with Gasteiger partial charge in [-0.15, -0.1) is 0 Å². The highest BCUT2D eigenvalue weighted by Gasteiger charge is 2.29. The first kappa shape index (κ1) is 42.8. The van der Waals surface area contributed by atoms with Crippen molar-refractivity contribution in [2.45, 2.75) is 131 Å². The summed E-state index contributed by atoms with van der Waals surface area (Å²) < 4.78 is 0. The SMILES string of the molecule is CC1=C(C/C=C(\C)CCC[C@H](C)CCC[C@H](C)CCCC(C)C)C(=O)c2ccccc2C1=O.CN[C@H]1CC[C@@H](c2ccc(Cl)c(Cl)c2)c2ccccc21. The van der Waals surface area contributed by atoms with Gasteiger partial charge < -0.3 is 5.32 Å². The van der Waals surface area contributed by atoms with Gasteiger partial charge in [0, 0.05) is 34.2 Å². The number of carbonyl (C=O) groups excluding carboxylic acids is 2. The van der Waals surface area contributed by atoms with E-state index in [0.29, 0.717) is 50.7 Å². The van der Waals surface area contributed by atoms with E-state index in [1.165, 1.54) is 73.6 Å². The van der Waals surface area contributed by atoms with Gasteiger partial charge in [-0.2, -0.15) is 0 Å². The fraction of sp³-hybridized carbons (Fsp3) is 0.500. The van der Waals surface area contributed by atoms with Gasteiger partial charge in [0.05, 0.1) is 10.0 Å². The number of carbonyl (C=O) groups is 2. The van der Waals surface area contributed by atoms with Crippen LogP contribution in [0.15, 0.2) is 89.5 Å². The van der Waals surface area contributed by atoms with Gasteiger partial charge in [-0.3, -0.25) is 9.59 Å². The van der Waals surface area contributed by atoms with Crippen molar-refractivity contribution in [1.29, 1.82) is 0 Å². The predicted molar refractivity (Wildman–Crippen MR) is 227 cm³/mol. The van der Waals surface area contributed by atoms with Crippen LogP contribution in [0.1, 0.15) is 168 Å². The predicted octanol–water partition coefficient (Wildman–Crippen LogP) is 14.3. The molecule has 0 fully saturated rings. The van der Waals surface area contributed by atoms with Crippen LogP contribution in [0.5, 0.6) is 0 Å². The summed E-state index contributed by atoms with van der Waals surface area (Å²) in [6.45, 7) is 13.4. The van der Waals surface area contributed by atoms with Crippen molar-refractivity contribution in [3.05, 3.63) is 127 Å². The van der Waals surface area contributed by atoms with E-state index in [4.69, 9.17) is 23.2 Å². The Hall–Kier alpha value is -2.98. The molecular formula is C48H63Cl2NO2. The summed E-state index contributed by atoms with van der Waals surface area (Å²) in [5, 5.41) is 4.66. The third-order valence-electron chi connectivity index (χ3n) is 11.5. The van der Waals surface area contributed by atoms with Crippen molar-refractivity contribution in [1.82, 2.24) is 5.32 Å². The molecule has 286 valence electrons. The molecule has 0 saturated heterocycles. The molecule has 5 rings (SSSR count). The van der Waals surface area contributed by atoms with Gasteiger partial charge >= 0.3 is 0 Å². The van der Waals surface area contributed by atoms with Crippen LogP contribution in [0, 0.1) is 17.8 Å². The van der Waals surface area contributed by atoms with Crippen molar-refractivity contribution in [2.75, 3.05) is 7.05 Å². The Morgan fingerprint density at radius 1 is 0.755 bits per heavy atom. The van der Waals surface area contributed by atoms with Crippen molar-refractivity contribution in [3.8, 4) is 0 Å². The Kier molecular flexibility index (Phi) is 17.1. The third kappa shape index (κ3) is 12.3. The first-order chi connectivity index (χ1) is 25.4. The van der Waals surface area contributed by atoms with Gasteiger partial charge in [0.1, 0.15) is 0 Å². The molecule has 0 aliphatic heterocycles. The van der Waals surface area contributed by atoms with E-state index in [2.05, 4.69) is 76.3 Å². The molecule has 0 unspecified atom stereocenters. The number of halogens is 2. The van der Waals surface area contributed by atoms with Crippen molar-refractivity contribution >= 4 is 34.8 Å². The lowest BCUT2D eigenvalue weighted by molar-refractivity contribution is 0.0973. The third-order valence-corrected chi connectivity index (χ3v) is 12.2. The number of Topliss-reactive ketones (excluding diaryl/α,β-unsaturated/α-hetero) is 2. The molecule has 3 aromatic carbocycles. The van der Waals surface area contributed by atoms with E-state index in [9.17, 15) is 9.59 Å². The highest BCUT2D eigenvalue weighted by atomic mass is 35.5. The Bertz CT molecular complexity index is 1740. The van der Waals surface area contributed by atoms with E-state index < -0.39 is 0 Å². The first-order valence-electron chi connectivity index (χ1n) is 20.2. The molecule has 53 heavy (non-hydrogen) atoms. The summed E-state index contributed by atoms with van der Waals surface area (Å²) in [6, 6.07) is 22.3. The second-order valence-electron chi connectivity index (χ2n) is 16.2. The molecule has 3 aromatic rings. The van der Waals surface area contributed by atoms with E-state index in [0.717, 1.165) is 37.0 Å². The van der Waals surface area contributed by atoms with Crippen LogP contribution < -0.4 is 5.32 Å². The maximum absolute atomic E-state index is 12.9. The van der Waals surface area contributed by atoms with Crippen molar-refractivity contribution < 1.29 is 9.59 Å². The quantitative estimate of drug-likeness (QED) is 0.148. The van der Waals surface area contributed by atoms with Gasteiger partial charge in [-0.05, 0) is 99.6 Å². The maximum atomic E-state index is 12.9. The molecule has 0 radical (unpaired) electrons. The molecule has 5 heteroatoms. The molecule has 0 amide bonds. The highest BCUT2D eigenvalue weighted by Crippen LogP contribution is 2.42. The average Bonchev–Trinajstić information content (AvgIpc) is 3.14. The van der Waals surface area contributed by atoms with Gasteiger partial charge in [0.15, 0.2) is 11.6 Å². The van der Waals surface area contributed by atoms with Crippen molar-refractivity contribution in [3.63, 3.8) is 0 Å².